The molecule has 0 amide bonds. The predicted molar refractivity (Wildman–Crippen MR) is 71.1 cm³/mol. The van der Waals surface area contributed by atoms with E-state index in [-0.39, 0.29) is 5.69 Å². The van der Waals surface area contributed by atoms with Gasteiger partial charge in [-0.2, -0.15) is 0 Å². The van der Waals surface area contributed by atoms with Gasteiger partial charge in [-0.15, -0.1) is 11.8 Å². The van der Waals surface area contributed by atoms with E-state index < -0.39 is 11.4 Å². The van der Waals surface area contributed by atoms with Gasteiger partial charge in [0.2, 0.25) is 0 Å². The van der Waals surface area contributed by atoms with Crippen LogP contribution in [0.15, 0.2) is 27.9 Å². The molecule has 0 bridgehead atoms. The van der Waals surface area contributed by atoms with Crippen molar-refractivity contribution in [1.29, 1.82) is 0 Å². The molecule has 5 nitrogen and oxygen atoms in total. The minimum atomic E-state index is -0.814. The maximum Gasteiger partial charge on any atom is 0.323 e. The Kier molecular flexibility index (Phi) is 3.21. The van der Waals surface area contributed by atoms with Gasteiger partial charge in [-0.3, -0.25) is 4.79 Å². The number of nitrogens with one attached hydrogen (secondary N) is 2. The molecule has 1 aromatic heterocycles. The lowest BCUT2D eigenvalue weighted by atomic mass is 9.97. The summed E-state index contributed by atoms with van der Waals surface area (Å²) in [6.45, 7) is 3.39. The molecule has 0 aliphatic rings. The highest BCUT2D eigenvalue weighted by molar-refractivity contribution is 7.99. The number of hydrogen-bond acceptors (Lipinski definition) is 3. The van der Waals surface area contributed by atoms with E-state index in [0.29, 0.717) is 5.75 Å². The number of thioether (sulfide) groups is 1. The number of rotatable bonds is 4. The van der Waals surface area contributed by atoms with Gasteiger partial charge >= 0.3 is 11.7 Å². The van der Waals surface area contributed by atoms with Gasteiger partial charge in [0.05, 0.1) is 16.4 Å². The van der Waals surface area contributed by atoms with Crippen molar-refractivity contribution in [2.45, 2.75) is 18.7 Å². The predicted octanol–water partition coefficient (Wildman–Crippen LogP) is 2.06. The Morgan fingerprint density at radius 1 is 1.33 bits per heavy atom. The van der Waals surface area contributed by atoms with Gasteiger partial charge in [0.1, 0.15) is 0 Å². The first kappa shape index (κ1) is 12.8. The first-order chi connectivity index (χ1) is 8.38. The van der Waals surface area contributed by atoms with Gasteiger partial charge in [-0.25, -0.2) is 4.79 Å². The molecule has 2 aromatic rings. The molecule has 96 valence electrons. The zero-order valence-electron chi connectivity index (χ0n) is 10.1. The second-order valence-electron chi connectivity index (χ2n) is 4.76. The van der Waals surface area contributed by atoms with Crippen LogP contribution in [0.1, 0.15) is 13.8 Å². The average Bonchev–Trinajstić information content (AvgIpc) is 2.65. The van der Waals surface area contributed by atoms with Gasteiger partial charge in [0.25, 0.3) is 0 Å². The number of aromatic amines is 2. The van der Waals surface area contributed by atoms with Crippen molar-refractivity contribution >= 4 is 28.8 Å². The molecule has 18 heavy (non-hydrogen) atoms. The largest absolute Gasteiger partial charge is 0.481 e. The van der Waals surface area contributed by atoms with Crippen LogP contribution in [-0.2, 0) is 4.79 Å². The molecule has 3 N–H and O–H groups in total. The Hall–Kier alpha value is -1.69. The Balaban J connectivity index is 2.17. The van der Waals surface area contributed by atoms with Crippen molar-refractivity contribution in [3.05, 3.63) is 28.7 Å². The highest BCUT2D eigenvalue weighted by atomic mass is 32.2. The molecule has 0 aliphatic carbocycles. The van der Waals surface area contributed by atoms with Gasteiger partial charge in [-0.05, 0) is 32.0 Å². The minimum absolute atomic E-state index is 0.238. The number of imidazole rings is 1. The first-order valence-corrected chi connectivity index (χ1v) is 6.45. The number of aliphatic carboxylic acids is 1. The summed E-state index contributed by atoms with van der Waals surface area (Å²) in [7, 11) is 0. The fourth-order valence-corrected chi connectivity index (χ4v) is 2.44. The molecule has 0 fully saturated rings. The van der Waals surface area contributed by atoms with E-state index in [1.807, 2.05) is 18.2 Å². The first-order valence-electron chi connectivity index (χ1n) is 5.47. The molecular formula is C12H14N2O3S. The van der Waals surface area contributed by atoms with Crippen molar-refractivity contribution in [1.82, 2.24) is 9.97 Å². The van der Waals surface area contributed by atoms with Crippen molar-refractivity contribution in [3.8, 4) is 0 Å². The number of carboxylic acids is 1. The van der Waals surface area contributed by atoms with Crippen molar-refractivity contribution in [2.75, 3.05) is 5.75 Å². The Morgan fingerprint density at radius 3 is 2.67 bits per heavy atom. The van der Waals surface area contributed by atoms with E-state index in [1.54, 1.807) is 13.8 Å². The minimum Gasteiger partial charge on any atom is -0.481 e. The zero-order valence-corrected chi connectivity index (χ0v) is 10.9. The number of benzene rings is 1. The molecular weight excluding hydrogens is 252 g/mol. The quantitative estimate of drug-likeness (QED) is 0.739. The highest BCUT2D eigenvalue weighted by Crippen LogP contribution is 2.28. The third-order valence-electron chi connectivity index (χ3n) is 2.67. The van der Waals surface area contributed by atoms with E-state index >= 15 is 0 Å². The summed E-state index contributed by atoms with van der Waals surface area (Å²) in [5.41, 5.74) is 0.476. The molecule has 1 aromatic carbocycles. The lowest BCUT2D eigenvalue weighted by molar-refractivity contribution is -0.145. The molecule has 2 rings (SSSR count). The summed E-state index contributed by atoms with van der Waals surface area (Å²) < 4.78 is 0. The van der Waals surface area contributed by atoms with Gasteiger partial charge in [0.15, 0.2) is 0 Å². The second kappa shape index (κ2) is 4.53. The summed E-state index contributed by atoms with van der Waals surface area (Å²) in [5, 5.41) is 9.03. The third kappa shape index (κ3) is 2.59. The van der Waals surface area contributed by atoms with E-state index in [2.05, 4.69) is 9.97 Å². The van der Waals surface area contributed by atoms with Crippen LogP contribution in [0.5, 0.6) is 0 Å². The van der Waals surface area contributed by atoms with Crippen LogP contribution in [0.25, 0.3) is 11.0 Å². The van der Waals surface area contributed by atoms with E-state index in [0.717, 1.165) is 15.9 Å². The van der Waals surface area contributed by atoms with E-state index in [9.17, 15) is 9.59 Å². The number of hydrogen-bond donors (Lipinski definition) is 3. The number of carbonyl (C=O) groups is 1. The molecule has 0 saturated carbocycles. The smallest absolute Gasteiger partial charge is 0.323 e. The van der Waals surface area contributed by atoms with Crippen LogP contribution in [0.2, 0.25) is 0 Å². The maximum atomic E-state index is 11.1. The second-order valence-corrected chi connectivity index (χ2v) is 5.81. The lowest BCUT2D eigenvalue weighted by Crippen LogP contribution is -2.26. The molecule has 0 aliphatic heterocycles. The molecule has 0 atom stereocenters. The molecule has 1 heterocycles. The van der Waals surface area contributed by atoms with Crippen LogP contribution in [-0.4, -0.2) is 26.8 Å². The SMILES string of the molecule is CC(C)(CSc1ccc2[nH]c(=O)[nH]c2c1)C(=O)O. The number of aromatic nitrogens is 2. The van der Waals surface area contributed by atoms with E-state index in [4.69, 9.17) is 5.11 Å². The van der Waals surface area contributed by atoms with E-state index in [1.165, 1.54) is 11.8 Å². The van der Waals surface area contributed by atoms with Crippen LogP contribution in [0, 0.1) is 5.41 Å². The standard InChI is InChI=1S/C12H14N2O3S/c1-12(2,10(15)16)6-18-7-3-4-8-9(5-7)14-11(17)13-8/h3-5H,6H2,1-2H3,(H,15,16)(H2,13,14,17). The van der Waals surface area contributed by atoms with Crippen LogP contribution < -0.4 is 5.69 Å². The third-order valence-corrected chi connectivity index (χ3v) is 4.12. The topological polar surface area (TPSA) is 86.0 Å². The Morgan fingerprint density at radius 2 is 2.00 bits per heavy atom. The summed E-state index contributed by atoms with van der Waals surface area (Å²) in [5.74, 6) is -0.339. The van der Waals surface area contributed by atoms with Crippen molar-refractivity contribution < 1.29 is 9.90 Å². The van der Waals surface area contributed by atoms with Crippen molar-refractivity contribution in [2.24, 2.45) is 5.41 Å². The number of H-pyrrole nitrogens is 2. The monoisotopic (exact) mass is 266 g/mol. The average molecular weight is 266 g/mol. The van der Waals surface area contributed by atoms with Gasteiger partial charge < -0.3 is 15.1 Å². The molecule has 6 heteroatoms. The maximum absolute atomic E-state index is 11.1. The fraction of sp³-hybridized carbons (Fsp3) is 0.333. The molecule has 0 radical (unpaired) electrons. The van der Waals surface area contributed by atoms with Crippen LogP contribution in [0.3, 0.4) is 0 Å². The highest BCUT2D eigenvalue weighted by Gasteiger charge is 2.27. The molecule has 0 spiro atoms. The molecule has 0 saturated heterocycles. The number of carboxylic acid groups (broad SMARTS) is 1. The summed E-state index contributed by atoms with van der Waals surface area (Å²) in [4.78, 5) is 28.4. The van der Waals surface area contributed by atoms with Crippen LogP contribution in [0.4, 0.5) is 0 Å². The summed E-state index contributed by atoms with van der Waals surface area (Å²) in [6.07, 6.45) is 0. The summed E-state index contributed by atoms with van der Waals surface area (Å²) >= 11 is 1.46. The normalized spacial score (nSPS) is 11.9. The van der Waals surface area contributed by atoms with Crippen molar-refractivity contribution in [3.63, 3.8) is 0 Å². The number of fused-ring (bicyclic) bond motifs is 1. The fourth-order valence-electron chi connectivity index (χ4n) is 1.43. The van der Waals surface area contributed by atoms with Gasteiger partial charge in [0, 0.05) is 10.6 Å². The Bertz CT molecular complexity index is 642. The summed E-state index contributed by atoms with van der Waals surface area (Å²) in [6, 6.07) is 5.52. The zero-order chi connectivity index (χ0) is 13.3. The molecule has 0 unspecified atom stereocenters. The Labute approximate surface area is 108 Å². The lowest BCUT2D eigenvalue weighted by Gasteiger charge is -2.18. The van der Waals surface area contributed by atoms with Gasteiger partial charge in [-0.1, -0.05) is 0 Å². The van der Waals surface area contributed by atoms with Crippen LogP contribution >= 0.6 is 11.8 Å².